The molecule has 5 atom stereocenters. The van der Waals surface area contributed by atoms with Crippen molar-refractivity contribution in [1.82, 2.24) is 0 Å². The van der Waals surface area contributed by atoms with Gasteiger partial charge in [0.05, 0.1) is 30.0 Å². The number of carbonyl (C=O) groups excluding carboxylic acids is 2. The molecule has 134 valence electrons. The maximum Gasteiger partial charge on any atom is 0.221 e. The molecule has 2 aliphatic rings. The summed E-state index contributed by atoms with van der Waals surface area (Å²) in [5.74, 6) is -1.41. The van der Waals surface area contributed by atoms with E-state index in [1.54, 1.807) is 31.2 Å². The van der Waals surface area contributed by atoms with Crippen molar-refractivity contribution in [2.24, 2.45) is 11.3 Å². The summed E-state index contributed by atoms with van der Waals surface area (Å²) in [5, 5.41) is 23.0. The number of hydrogen-bond acceptors (Lipinski definition) is 6. The van der Waals surface area contributed by atoms with Crippen LogP contribution in [0.2, 0.25) is 0 Å². The minimum Gasteiger partial charge on any atom is -0.497 e. The fourth-order valence-electron chi connectivity index (χ4n) is 4.66. The zero-order valence-electron chi connectivity index (χ0n) is 14.2. The standard InChI is InChI=1S/C18H21NO6/c1-17-9-14(19(23)24)16(11-3-5-12(25-2)6-4-11)13(10-20)18(17,22)8-7-15(17)21/h3-6,10,13-14,16,22H,7-9H2,1-2H3/t13-,14-,16-,17-,18+/m1/s1. The van der Waals surface area contributed by atoms with Gasteiger partial charge in [-0.05, 0) is 31.0 Å². The summed E-state index contributed by atoms with van der Waals surface area (Å²) in [7, 11) is 1.52. The third kappa shape index (κ3) is 2.37. The van der Waals surface area contributed by atoms with Gasteiger partial charge in [-0.25, -0.2) is 0 Å². The summed E-state index contributed by atoms with van der Waals surface area (Å²) < 4.78 is 5.11. The van der Waals surface area contributed by atoms with Crippen LogP contribution in [0, 0.1) is 21.4 Å². The molecule has 1 N–H and O–H groups in total. The SMILES string of the molecule is COc1ccc([C@H]2[C@H]([N+](=O)[O-])C[C@]3(C)C(=O)CC[C@]3(O)[C@@H]2C=O)cc1. The van der Waals surface area contributed by atoms with Crippen LogP contribution in [0.1, 0.15) is 37.7 Å². The van der Waals surface area contributed by atoms with Crippen LogP contribution in [-0.2, 0) is 9.59 Å². The number of Topliss-reactive ketones (excluding diaryl/α,β-unsaturated/α-hetero) is 1. The highest BCUT2D eigenvalue weighted by molar-refractivity contribution is 5.90. The Morgan fingerprint density at radius 1 is 1.36 bits per heavy atom. The summed E-state index contributed by atoms with van der Waals surface area (Å²) >= 11 is 0. The average molecular weight is 347 g/mol. The largest absolute Gasteiger partial charge is 0.497 e. The normalized spacial score (nSPS) is 37.4. The number of methoxy groups -OCH3 is 1. The van der Waals surface area contributed by atoms with Crippen molar-refractivity contribution in [2.45, 2.75) is 43.7 Å². The van der Waals surface area contributed by atoms with Crippen LogP contribution >= 0.6 is 0 Å². The molecule has 2 fully saturated rings. The van der Waals surface area contributed by atoms with Gasteiger partial charge >= 0.3 is 0 Å². The highest BCUT2D eigenvalue weighted by Crippen LogP contribution is 2.59. The summed E-state index contributed by atoms with van der Waals surface area (Å²) in [4.78, 5) is 35.6. The quantitative estimate of drug-likeness (QED) is 0.505. The monoisotopic (exact) mass is 347 g/mol. The Balaban J connectivity index is 2.12. The molecular formula is C18H21NO6. The van der Waals surface area contributed by atoms with Crippen LogP contribution in [0.5, 0.6) is 5.75 Å². The molecule has 1 aromatic rings. The molecule has 2 saturated carbocycles. The third-order valence-electron chi connectivity index (χ3n) is 6.19. The van der Waals surface area contributed by atoms with E-state index >= 15 is 0 Å². The Hall–Kier alpha value is -2.28. The maximum absolute atomic E-state index is 12.4. The Bertz CT molecular complexity index is 717. The number of rotatable bonds is 4. The molecule has 0 amide bonds. The lowest BCUT2D eigenvalue weighted by molar-refractivity contribution is -0.537. The molecule has 0 aliphatic heterocycles. The summed E-state index contributed by atoms with van der Waals surface area (Å²) in [5.41, 5.74) is -2.23. The number of ether oxygens (including phenoxy) is 1. The van der Waals surface area contributed by atoms with Crippen molar-refractivity contribution < 1.29 is 24.4 Å². The van der Waals surface area contributed by atoms with Crippen molar-refractivity contribution in [2.75, 3.05) is 7.11 Å². The van der Waals surface area contributed by atoms with Gasteiger partial charge in [0, 0.05) is 17.8 Å². The molecular weight excluding hydrogens is 326 g/mol. The van der Waals surface area contributed by atoms with E-state index in [-0.39, 0.29) is 25.0 Å². The van der Waals surface area contributed by atoms with Gasteiger partial charge in [-0.2, -0.15) is 0 Å². The van der Waals surface area contributed by atoms with E-state index in [9.17, 15) is 24.8 Å². The van der Waals surface area contributed by atoms with E-state index in [1.165, 1.54) is 7.11 Å². The lowest BCUT2D eigenvalue weighted by Crippen LogP contribution is -2.61. The fourth-order valence-corrected chi connectivity index (χ4v) is 4.66. The van der Waals surface area contributed by atoms with E-state index in [4.69, 9.17) is 4.74 Å². The number of aldehydes is 1. The Morgan fingerprint density at radius 2 is 2.00 bits per heavy atom. The lowest BCUT2D eigenvalue weighted by Gasteiger charge is -2.50. The first-order chi connectivity index (χ1) is 11.8. The Kier molecular flexibility index (Phi) is 4.15. The first-order valence-electron chi connectivity index (χ1n) is 8.27. The van der Waals surface area contributed by atoms with Crippen LogP contribution in [0.25, 0.3) is 0 Å². The van der Waals surface area contributed by atoms with Gasteiger partial charge in [0.15, 0.2) is 0 Å². The number of benzene rings is 1. The molecule has 0 saturated heterocycles. The Labute approximate surface area is 145 Å². The first kappa shape index (κ1) is 17.5. The van der Waals surface area contributed by atoms with Crippen molar-refractivity contribution >= 4 is 12.1 Å². The molecule has 1 aromatic carbocycles. The number of fused-ring (bicyclic) bond motifs is 1. The third-order valence-corrected chi connectivity index (χ3v) is 6.19. The van der Waals surface area contributed by atoms with Crippen LogP contribution in [0.3, 0.4) is 0 Å². The predicted octanol–water partition coefficient (Wildman–Crippen LogP) is 1.74. The van der Waals surface area contributed by atoms with Gasteiger partial charge in [-0.3, -0.25) is 14.9 Å². The zero-order chi connectivity index (χ0) is 18.4. The second-order valence-electron chi connectivity index (χ2n) is 7.20. The van der Waals surface area contributed by atoms with Crippen molar-refractivity contribution in [3.8, 4) is 5.75 Å². The van der Waals surface area contributed by atoms with Crippen molar-refractivity contribution in [3.63, 3.8) is 0 Å². The molecule has 0 unspecified atom stereocenters. The van der Waals surface area contributed by atoms with E-state index in [1.807, 2.05) is 0 Å². The molecule has 0 aromatic heterocycles. The first-order valence-corrected chi connectivity index (χ1v) is 8.27. The van der Waals surface area contributed by atoms with Crippen LogP contribution in [0.15, 0.2) is 24.3 Å². The summed E-state index contributed by atoms with van der Waals surface area (Å²) in [6.45, 7) is 1.56. The number of hydrogen-bond donors (Lipinski definition) is 1. The van der Waals surface area contributed by atoms with Gasteiger partial charge in [0.1, 0.15) is 17.8 Å². The van der Waals surface area contributed by atoms with Crippen LogP contribution in [0.4, 0.5) is 0 Å². The molecule has 7 heteroatoms. The van der Waals surface area contributed by atoms with Crippen LogP contribution in [-0.4, -0.2) is 40.9 Å². The summed E-state index contributed by atoms with van der Waals surface area (Å²) in [6.07, 6.45) is 0.803. The second-order valence-corrected chi connectivity index (χ2v) is 7.20. The zero-order valence-corrected chi connectivity index (χ0v) is 14.2. The number of carbonyl (C=O) groups is 2. The van der Waals surface area contributed by atoms with Gasteiger partial charge in [-0.1, -0.05) is 12.1 Å². The lowest BCUT2D eigenvalue weighted by atomic mass is 9.54. The maximum atomic E-state index is 12.4. The minimum absolute atomic E-state index is 0.0730. The van der Waals surface area contributed by atoms with Gasteiger partial charge < -0.3 is 14.6 Å². The van der Waals surface area contributed by atoms with Crippen molar-refractivity contribution in [1.29, 1.82) is 0 Å². The smallest absolute Gasteiger partial charge is 0.221 e. The molecule has 3 rings (SSSR count). The molecule has 0 heterocycles. The average Bonchev–Trinajstić information content (AvgIpc) is 2.84. The number of nitro groups is 1. The molecule has 0 radical (unpaired) electrons. The Morgan fingerprint density at radius 3 is 2.52 bits per heavy atom. The molecule has 0 bridgehead atoms. The second kappa shape index (κ2) is 5.91. The summed E-state index contributed by atoms with van der Waals surface area (Å²) in [6, 6.07) is 5.59. The number of nitrogens with zero attached hydrogens (tertiary/aromatic N) is 1. The van der Waals surface area contributed by atoms with E-state index < -0.39 is 33.8 Å². The highest BCUT2D eigenvalue weighted by Gasteiger charge is 2.68. The number of ketones is 1. The number of aliphatic hydroxyl groups is 1. The minimum atomic E-state index is -1.55. The molecule has 25 heavy (non-hydrogen) atoms. The molecule has 2 aliphatic carbocycles. The van der Waals surface area contributed by atoms with E-state index in [2.05, 4.69) is 0 Å². The van der Waals surface area contributed by atoms with E-state index in [0.29, 0.717) is 17.6 Å². The van der Waals surface area contributed by atoms with Gasteiger partial charge in [-0.15, -0.1) is 0 Å². The molecule has 7 nitrogen and oxygen atoms in total. The highest BCUT2D eigenvalue weighted by atomic mass is 16.6. The fraction of sp³-hybridized carbons (Fsp3) is 0.556. The topological polar surface area (TPSA) is 107 Å². The van der Waals surface area contributed by atoms with Gasteiger partial charge in [0.25, 0.3) is 0 Å². The van der Waals surface area contributed by atoms with Crippen molar-refractivity contribution in [3.05, 3.63) is 39.9 Å². The van der Waals surface area contributed by atoms with Gasteiger partial charge in [0.2, 0.25) is 6.04 Å². The van der Waals surface area contributed by atoms with E-state index in [0.717, 1.165) is 0 Å². The predicted molar refractivity (Wildman–Crippen MR) is 88.0 cm³/mol. The van der Waals surface area contributed by atoms with Crippen LogP contribution < -0.4 is 4.74 Å². The molecule has 0 spiro atoms.